The van der Waals surface area contributed by atoms with Crippen LogP contribution >= 0.6 is 23.2 Å². The highest BCUT2D eigenvalue weighted by Gasteiger charge is 2.42. The van der Waals surface area contributed by atoms with Crippen molar-refractivity contribution in [3.05, 3.63) is 99.0 Å². The summed E-state index contributed by atoms with van der Waals surface area (Å²) in [6, 6.07) is 8.89. The first-order valence-electron chi connectivity index (χ1n) is 11.2. The molecule has 1 amide bonds. The first kappa shape index (κ1) is 32.2. The Morgan fingerprint density at radius 1 is 0.690 bits per heavy atom. The lowest BCUT2D eigenvalue weighted by Crippen LogP contribution is -2.48. The minimum Gasteiger partial charge on any atom is -0.478 e. The Morgan fingerprint density at radius 3 is 1.52 bits per heavy atom. The van der Waals surface area contributed by atoms with E-state index >= 15 is 0 Å². The molecule has 0 aliphatic carbocycles. The summed E-state index contributed by atoms with van der Waals surface area (Å²) in [6.07, 6.45) is -15.1. The molecule has 3 aromatic rings. The van der Waals surface area contributed by atoms with Gasteiger partial charge in [0.15, 0.2) is 0 Å². The third kappa shape index (κ3) is 8.36. The zero-order valence-electron chi connectivity index (χ0n) is 20.4. The lowest BCUT2D eigenvalue weighted by Gasteiger charge is -2.24. The molecular weight excluding hydrogens is 623 g/mol. The van der Waals surface area contributed by atoms with E-state index < -0.39 is 70.6 Å². The van der Waals surface area contributed by atoms with Gasteiger partial charge in [-0.3, -0.25) is 4.79 Å². The molecule has 0 unspecified atom stereocenters. The average molecular weight is 638 g/mol. The number of esters is 2. The highest BCUT2D eigenvalue weighted by Crippen LogP contribution is 2.31. The maximum atomic E-state index is 13.1. The summed E-state index contributed by atoms with van der Waals surface area (Å²) in [4.78, 5) is 50.6. The topological polar surface area (TPSA) is 119 Å². The molecule has 2 atom stereocenters. The minimum absolute atomic E-state index is 0.000990. The smallest absolute Gasteiger partial charge is 0.416 e. The standard InChI is InChI=1S/C26H15Cl2F6NO7/c27-16-9-17(28)11-18(10-16)35-21(36)19(41-23(39)12-3-1-5-14(7-12)25(29,30)31)20(22(37)38)42-24(40)13-4-2-6-15(8-13)26(32,33)34/h1-11,19-20H,(H,35,36)(H,37,38)/t19-,20-/m1/s1. The fraction of sp³-hybridized carbons (Fsp3) is 0.154. The van der Waals surface area contributed by atoms with E-state index in [0.717, 1.165) is 36.4 Å². The molecule has 0 heterocycles. The second-order valence-corrected chi connectivity index (χ2v) is 9.17. The molecule has 0 fully saturated rings. The molecular formula is C26H15Cl2F6NO7. The number of carbonyl (C=O) groups excluding carboxylic acids is 3. The largest absolute Gasteiger partial charge is 0.478 e. The zero-order chi connectivity index (χ0) is 31.4. The number of alkyl halides is 6. The summed E-state index contributed by atoms with van der Waals surface area (Å²) < 4.78 is 88.3. The first-order valence-corrected chi connectivity index (χ1v) is 12.0. The van der Waals surface area contributed by atoms with Gasteiger partial charge in [0.2, 0.25) is 12.2 Å². The van der Waals surface area contributed by atoms with Crippen molar-refractivity contribution < 1.29 is 60.1 Å². The number of halogens is 8. The molecule has 0 saturated carbocycles. The van der Waals surface area contributed by atoms with Gasteiger partial charge in [-0.05, 0) is 54.6 Å². The summed E-state index contributed by atoms with van der Waals surface area (Å²) in [7, 11) is 0. The molecule has 42 heavy (non-hydrogen) atoms. The maximum absolute atomic E-state index is 13.1. The van der Waals surface area contributed by atoms with Gasteiger partial charge in [-0.25, -0.2) is 14.4 Å². The third-order valence-electron chi connectivity index (χ3n) is 5.23. The molecule has 0 bridgehead atoms. The number of carboxylic acid groups (broad SMARTS) is 1. The van der Waals surface area contributed by atoms with Crippen LogP contribution in [0.3, 0.4) is 0 Å². The van der Waals surface area contributed by atoms with E-state index in [4.69, 9.17) is 32.7 Å². The lowest BCUT2D eigenvalue weighted by molar-refractivity contribution is -0.157. The van der Waals surface area contributed by atoms with Crippen LogP contribution in [0.1, 0.15) is 31.8 Å². The highest BCUT2D eigenvalue weighted by atomic mass is 35.5. The Balaban J connectivity index is 1.99. The molecule has 0 aliphatic rings. The van der Waals surface area contributed by atoms with Crippen molar-refractivity contribution >= 4 is 52.7 Å². The molecule has 0 aliphatic heterocycles. The Morgan fingerprint density at radius 2 is 1.12 bits per heavy atom. The van der Waals surface area contributed by atoms with Crippen molar-refractivity contribution in [2.24, 2.45) is 0 Å². The monoisotopic (exact) mass is 637 g/mol. The van der Waals surface area contributed by atoms with E-state index in [1.165, 1.54) is 6.07 Å². The summed E-state index contributed by atoms with van der Waals surface area (Å²) in [5, 5.41) is 11.9. The van der Waals surface area contributed by atoms with E-state index in [0.29, 0.717) is 24.3 Å². The summed E-state index contributed by atoms with van der Waals surface area (Å²) in [5.41, 5.74) is -4.27. The van der Waals surface area contributed by atoms with Crippen LogP contribution in [0.15, 0.2) is 66.7 Å². The fourth-order valence-corrected chi connectivity index (χ4v) is 3.87. The van der Waals surface area contributed by atoms with Gasteiger partial charge in [-0.15, -0.1) is 0 Å². The van der Waals surface area contributed by atoms with Crippen molar-refractivity contribution in [2.45, 2.75) is 24.6 Å². The molecule has 222 valence electrons. The van der Waals surface area contributed by atoms with Crippen LogP contribution < -0.4 is 5.32 Å². The number of rotatable bonds is 8. The van der Waals surface area contributed by atoms with Crippen LogP contribution in [0, 0.1) is 0 Å². The number of carboxylic acids is 1. The van der Waals surface area contributed by atoms with Crippen molar-refractivity contribution in [1.82, 2.24) is 0 Å². The van der Waals surface area contributed by atoms with Crippen LogP contribution in [0.2, 0.25) is 10.0 Å². The normalized spacial score (nSPS) is 13.0. The van der Waals surface area contributed by atoms with E-state index in [2.05, 4.69) is 5.32 Å². The van der Waals surface area contributed by atoms with Crippen molar-refractivity contribution in [1.29, 1.82) is 0 Å². The highest BCUT2D eigenvalue weighted by molar-refractivity contribution is 6.35. The molecule has 2 N–H and O–H groups in total. The SMILES string of the molecule is O=C(O[C@@H](C(=O)O)[C@@H](OC(=O)c1cccc(C(F)(F)F)c1)C(=O)Nc1cc(Cl)cc(Cl)c1)c1cccc(C(F)(F)F)c1. The lowest BCUT2D eigenvalue weighted by atomic mass is 10.1. The van der Waals surface area contributed by atoms with Gasteiger partial charge < -0.3 is 19.9 Å². The number of hydrogen-bond acceptors (Lipinski definition) is 6. The van der Waals surface area contributed by atoms with Gasteiger partial charge in [0.25, 0.3) is 5.91 Å². The predicted molar refractivity (Wildman–Crippen MR) is 134 cm³/mol. The average Bonchev–Trinajstić information content (AvgIpc) is 2.88. The second kappa shape index (κ2) is 12.7. The van der Waals surface area contributed by atoms with Crippen molar-refractivity contribution in [3.63, 3.8) is 0 Å². The number of nitrogens with one attached hydrogen (secondary N) is 1. The number of carbonyl (C=O) groups is 4. The van der Waals surface area contributed by atoms with Gasteiger partial charge in [0.05, 0.1) is 22.3 Å². The molecule has 3 aromatic carbocycles. The van der Waals surface area contributed by atoms with Gasteiger partial charge in [0.1, 0.15) is 0 Å². The maximum Gasteiger partial charge on any atom is 0.416 e. The number of anilines is 1. The number of aliphatic carboxylic acids is 1. The predicted octanol–water partition coefficient (Wildman–Crippen LogP) is 6.51. The molecule has 16 heteroatoms. The van der Waals surface area contributed by atoms with Gasteiger partial charge >= 0.3 is 30.3 Å². The third-order valence-corrected chi connectivity index (χ3v) is 5.66. The molecule has 0 aromatic heterocycles. The fourth-order valence-electron chi connectivity index (χ4n) is 3.35. The van der Waals surface area contributed by atoms with Gasteiger partial charge in [-0.2, -0.15) is 26.3 Å². The van der Waals surface area contributed by atoms with Crippen LogP contribution in [-0.4, -0.2) is 41.1 Å². The van der Waals surface area contributed by atoms with Gasteiger partial charge in [-0.1, -0.05) is 35.3 Å². The summed E-state index contributed by atoms with van der Waals surface area (Å²) in [5.74, 6) is -6.87. The molecule has 0 radical (unpaired) electrons. The Hall–Kier alpha value is -4.30. The summed E-state index contributed by atoms with van der Waals surface area (Å²) >= 11 is 11.7. The number of hydrogen-bond donors (Lipinski definition) is 2. The van der Waals surface area contributed by atoms with Crippen molar-refractivity contribution in [2.75, 3.05) is 5.32 Å². The van der Waals surface area contributed by atoms with E-state index in [-0.39, 0.29) is 15.7 Å². The number of ether oxygens (including phenoxy) is 2. The second-order valence-electron chi connectivity index (χ2n) is 8.29. The molecule has 8 nitrogen and oxygen atoms in total. The zero-order valence-corrected chi connectivity index (χ0v) is 21.9. The minimum atomic E-state index is -4.89. The number of benzene rings is 3. The molecule has 3 rings (SSSR count). The van der Waals surface area contributed by atoms with Crippen molar-refractivity contribution in [3.8, 4) is 0 Å². The van der Waals surface area contributed by atoms with Crippen LogP contribution in [0.5, 0.6) is 0 Å². The van der Waals surface area contributed by atoms with Crippen LogP contribution in [-0.2, 0) is 31.4 Å². The van der Waals surface area contributed by atoms with E-state index in [1.54, 1.807) is 0 Å². The van der Waals surface area contributed by atoms with Gasteiger partial charge in [0, 0.05) is 15.7 Å². The Kier molecular flexibility index (Phi) is 9.74. The quantitative estimate of drug-likeness (QED) is 0.214. The van der Waals surface area contributed by atoms with Crippen LogP contribution in [0.4, 0.5) is 32.0 Å². The first-order chi connectivity index (χ1) is 19.5. The Bertz CT molecular complexity index is 1510. The summed E-state index contributed by atoms with van der Waals surface area (Å²) in [6.45, 7) is 0. The Labute approximate surface area is 241 Å². The molecule has 0 saturated heterocycles. The molecule has 0 spiro atoms. The number of amides is 1. The van der Waals surface area contributed by atoms with E-state index in [9.17, 15) is 50.6 Å². The van der Waals surface area contributed by atoms with E-state index in [1.807, 2.05) is 0 Å². The van der Waals surface area contributed by atoms with Crippen LogP contribution in [0.25, 0.3) is 0 Å².